The summed E-state index contributed by atoms with van der Waals surface area (Å²) < 4.78 is 0. The van der Waals surface area contributed by atoms with Gasteiger partial charge in [0.1, 0.15) is 18.1 Å². The lowest BCUT2D eigenvalue weighted by Crippen LogP contribution is -2.59. The summed E-state index contributed by atoms with van der Waals surface area (Å²) >= 11 is 0. The zero-order valence-electron chi connectivity index (χ0n) is 19.7. The number of hydrogen-bond donors (Lipinski definition) is 6. The predicted octanol–water partition coefficient (Wildman–Crippen LogP) is 0.0756. The molecule has 0 aromatic carbocycles. The van der Waals surface area contributed by atoms with Crippen LogP contribution < -0.4 is 21.7 Å². The maximum Gasteiger partial charge on any atom is 0.326 e. The third kappa shape index (κ3) is 10.1. The van der Waals surface area contributed by atoms with Gasteiger partial charge in [0.25, 0.3) is 0 Å². The second-order valence-corrected chi connectivity index (χ2v) is 8.84. The van der Waals surface area contributed by atoms with E-state index in [1.54, 1.807) is 20.8 Å². The zero-order valence-corrected chi connectivity index (χ0v) is 19.7. The fraction of sp³-hybridized carbons (Fsp3) is 0.762. The van der Waals surface area contributed by atoms with Gasteiger partial charge in [-0.15, -0.1) is 0 Å². The highest BCUT2D eigenvalue weighted by molar-refractivity contribution is 5.94. The Kier molecular flexibility index (Phi) is 12.5. The van der Waals surface area contributed by atoms with Crippen LogP contribution in [-0.2, 0) is 24.0 Å². The molecule has 0 bridgehead atoms. The molecule has 0 rings (SSSR count). The van der Waals surface area contributed by atoms with Gasteiger partial charge in [0.15, 0.2) is 0 Å². The summed E-state index contributed by atoms with van der Waals surface area (Å²) in [5.74, 6) is -5.17. The average molecular weight is 459 g/mol. The Morgan fingerprint density at radius 1 is 0.812 bits per heavy atom. The molecule has 0 aliphatic heterocycles. The standard InChI is InChI=1S/C21H38N4O7/c1-7-12(6)17(25-18(28)13(22)9-15(26)27)20(30)23-14(8-10(2)3)19(29)24-16(11(4)5)21(31)32/h10-14,16-17H,7-9,22H2,1-6H3,(H,23,30)(H,24,29)(H,25,28)(H,26,27)(H,31,32). The molecule has 0 saturated heterocycles. The number of carboxylic acid groups (broad SMARTS) is 2. The van der Waals surface area contributed by atoms with Crippen molar-refractivity contribution in [2.45, 2.75) is 85.0 Å². The number of amides is 3. The number of nitrogens with two attached hydrogens (primary N) is 1. The van der Waals surface area contributed by atoms with Gasteiger partial charge in [-0.1, -0.05) is 48.0 Å². The van der Waals surface area contributed by atoms with Crippen molar-refractivity contribution in [2.75, 3.05) is 0 Å². The first-order chi connectivity index (χ1) is 14.7. The molecule has 0 aromatic rings. The summed E-state index contributed by atoms with van der Waals surface area (Å²) in [5.41, 5.74) is 5.59. The molecule has 0 aliphatic rings. The molecule has 184 valence electrons. The van der Waals surface area contributed by atoms with E-state index in [1.165, 1.54) is 0 Å². The SMILES string of the molecule is CCC(C)C(NC(=O)C(N)CC(=O)O)C(=O)NC(CC(C)C)C(=O)NC(C(=O)O)C(C)C. The van der Waals surface area contributed by atoms with Crippen molar-refractivity contribution in [1.29, 1.82) is 0 Å². The minimum absolute atomic E-state index is 0.00834. The van der Waals surface area contributed by atoms with Crippen LogP contribution in [0.15, 0.2) is 0 Å². The fourth-order valence-electron chi connectivity index (χ4n) is 2.97. The monoisotopic (exact) mass is 458 g/mol. The molecule has 0 saturated carbocycles. The van der Waals surface area contributed by atoms with Crippen molar-refractivity contribution in [3.05, 3.63) is 0 Å². The molecule has 7 N–H and O–H groups in total. The Morgan fingerprint density at radius 2 is 1.34 bits per heavy atom. The summed E-state index contributed by atoms with van der Waals surface area (Å²) in [6.07, 6.45) is 0.175. The van der Waals surface area contributed by atoms with Crippen LogP contribution in [0.1, 0.15) is 60.8 Å². The second-order valence-electron chi connectivity index (χ2n) is 8.84. The number of carboxylic acids is 2. The largest absolute Gasteiger partial charge is 0.481 e. The Hall–Kier alpha value is -2.69. The van der Waals surface area contributed by atoms with E-state index in [2.05, 4.69) is 16.0 Å². The van der Waals surface area contributed by atoms with Gasteiger partial charge < -0.3 is 31.9 Å². The summed E-state index contributed by atoms with van der Waals surface area (Å²) in [6.45, 7) is 10.6. The summed E-state index contributed by atoms with van der Waals surface area (Å²) in [6, 6.07) is -4.51. The average Bonchev–Trinajstić information content (AvgIpc) is 2.66. The molecule has 0 heterocycles. The third-order valence-corrected chi connectivity index (χ3v) is 5.10. The number of carbonyl (C=O) groups is 5. The van der Waals surface area contributed by atoms with Crippen molar-refractivity contribution >= 4 is 29.7 Å². The van der Waals surface area contributed by atoms with Crippen molar-refractivity contribution in [2.24, 2.45) is 23.5 Å². The highest BCUT2D eigenvalue weighted by atomic mass is 16.4. The Balaban J connectivity index is 5.57. The van der Waals surface area contributed by atoms with Crippen LogP contribution in [0.2, 0.25) is 0 Å². The molecule has 3 amide bonds. The van der Waals surface area contributed by atoms with E-state index >= 15 is 0 Å². The molecular weight excluding hydrogens is 420 g/mol. The van der Waals surface area contributed by atoms with E-state index in [0.717, 1.165) is 0 Å². The van der Waals surface area contributed by atoms with Gasteiger partial charge in [0.2, 0.25) is 17.7 Å². The number of nitrogens with one attached hydrogen (secondary N) is 3. The Labute approximate surface area is 188 Å². The number of carbonyl (C=O) groups excluding carboxylic acids is 3. The Bertz CT molecular complexity index is 681. The van der Waals surface area contributed by atoms with E-state index in [9.17, 15) is 29.1 Å². The zero-order chi connectivity index (χ0) is 25.2. The predicted molar refractivity (Wildman–Crippen MR) is 117 cm³/mol. The summed E-state index contributed by atoms with van der Waals surface area (Å²) in [5, 5.41) is 25.7. The smallest absolute Gasteiger partial charge is 0.326 e. The molecule has 0 radical (unpaired) electrons. The van der Waals surface area contributed by atoms with Crippen LogP contribution in [0.4, 0.5) is 0 Å². The van der Waals surface area contributed by atoms with E-state index in [-0.39, 0.29) is 24.2 Å². The van der Waals surface area contributed by atoms with Gasteiger partial charge in [0, 0.05) is 0 Å². The highest BCUT2D eigenvalue weighted by Crippen LogP contribution is 2.12. The first-order valence-electron chi connectivity index (χ1n) is 10.8. The third-order valence-electron chi connectivity index (χ3n) is 5.10. The molecule has 0 aliphatic carbocycles. The van der Waals surface area contributed by atoms with Crippen molar-refractivity contribution in [3.63, 3.8) is 0 Å². The number of hydrogen-bond acceptors (Lipinski definition) is 6. The number of rotatable bonds is 14. The lowest BCUT2D eigenvalue weighted by molar-refractivity contribution is -0.143. The normalized spacial score (nSPS) is 15.9. The van der Waals surface area contributed by atoms with Gasteiger partial charge in [-0.3, -0.25) is 19.2 Å². The lowest BCUT2D eigenvalue weighted by atomic mass is 9.96. The van der Waals surface area contributed by atoms with Gasteiger partial charge >= 0.3 is 11.9 Å². The first kappa shape index (κ1) is 29.3. The van der Waals surface area contributed by atoms with E-state index in [1.807, 2.05) is 20.8 Å². The second kappa shape index (κ2) is 13.7. The fourth-order valence-corrected chi connectivity index (χ4v) is 2.97. The first-order valence-corrected chi connectivity index (χ1v) is 10.8. The molecule has 0 spiro atoms. The molecule has 32 heavy (non-hydrogen) atoms. The van der Waals surface area contributed by atoms with Gasteiger partial charge in [-0.05, 0) is 24.2 Å². The topological polar surface area (TPSA) is 188 Å². The van der Waals surface area contributed by atoms with Crippen molar-refractivity contribution < 1.29 is 34.2 Å². The minimum Gasteiger partial charge on any atom is -0.481 e. The van der Waals surface area contributed by atoms with E-state index < -0.39 is 60.2 Å². The van der Waals surface area contributed by atoms with Crippen LogP contribution >= 0.6 is 0 Å². The highest BCUT2D eigenvalue weighted by Gasteiger charge is 2.33. The molecule has 11 heteroatoms. The van der Waals surface area contributed by atoms with Crippen molar-refractivity contribution in [3.8, 4) is 0 Å². The summed E-state index contributed by atoms with van der Waals surface area (Å²) in [7, 11) is 0. The Morgan fingerprint density at radius 3 is 1.75 bits per heavy atom. The van der Waals surface area contributed by atoms with Crippen molar-refractivity contribution in [1.82, 2.24) is 16.0 Å². The molecule has 5 unspecified atom stereocenters. The lowest BCUT2D eigenvalue weighted by Gasteiger charge is -2.29. The van der Waals surface area contributed by atoms with Crippen LogP contribution in [0.25, 0.3) is 0 Å². The van der Waals surface area contributed by atoms with Gasteiger partial charge in [-0.2, -0.15) is 0 Å². The summed E-state index contributed by atoms with van der Waals surface area (Å²) in [4.78, 5) is 60.3. The minimum atomic E-state index is -1.33. The maximum atomic E-state index is 13.0. The van der Waals surface area contributed by atoms with Gasteiger partial charge in [0.05, 0.1) is 12.5 Å². The molecule has 5 atom stereocenters. The van der Waals surface area contributed by atoms with Crippen LogP contribution in [0.5, 0.6) is 0 Å². The molecule has 0 fully saturated rings. The molecule has 11 nitrogen and oxygen atoms in total. The maximum absolute atomic E-state index is 13.0. The number of aliphatic carboxylic acids is 2. The molecular formula is C21H38N4O7. The van der Waals surface area contributed by atoms with E-state index in [0.29, 0.717) is 6.42 Å². The van der Waals surface area contributed by atoms with Crippen LogP contribution in [0, 0.1) is 17.8 Å². The van der Waals surface area contributed by atoms with E-state index in [4.69, 9.17) is 10.8 Å². The molecule has 0 aromatic heterocycles. The quantitative estimate of drug-likeness (QED) is 0.211. The van der Waals surface area contributed by atoms with Gasteiger partial charge in [-0.25, -0.2) is 4.79 Å². The van der Waals surface area contributed by atoms with Crippen LogP contribution in [-0.4, -0.2) is 64.0 Å². The van der Waals surface area contributed by atoms with Crippen LogP contribution in [0.3, 0.4) is 0 Å².